The van der Waals surface area contributed by atoms with Crippen molar-refractivity contribution in [2.75, 3.05) is 0 Å². The number of carbonyl (C=O) groups is 2. The van der Waals surface area contributed by atoms with Crippen molar-refractivity contribution in [2.45, 2.75) is 51.4 Å². The van der Waals surface area contributed by atoms with E-state index in [2.05, 4.69) is 6.92 Å². The van der Waals surface area contributed by atoms with Gasteiger partial charge in [0.1, 0.15) is 6.10 Å². The molecule has 5 nitrogen and oxygen atoms in total. The summed E-state index contributed by atoms with van der Waals surface area (Å²) in [6.45, 7) is 3.71. The number of rotatable bonds is 0. The molecule has 3 fully saturated rings. The molecule has 20 heavy (non-hydrogen) atoms. The van der Waals surface area contributed by atoms with Crippen LogP contribution < -0.4 is 0 Å². The second kappa shape index (κ2) is 3.45. The normalized spacial score (nSPS) is 49.6. The molecule has 108 valence electrons. The Bertz CT molecular complexity index is 565. The van der Waals surface area contributed by atoms with Crippen molar-refractivity contribution in [3.8, 4) is 0 Å². The Morgan fingerprint density at radius 1 is 1.30 bits per heavy atom. The van der Waals surface area contributed by atoms with Gasteiger partial charge in [0.25, 0.3) is 0 Å². The summed E-state index contributed by atoms with van der Waals surface area (Å²) >= 11 is 0. The molecular weight excluding hydrogens is 260 g/mol. The maximum absolute atomic E-state index is 12.2. The Morgan fingerprint density at radius 3 is 2.80 bits per heavy atom. The topological polar surface area (TPSA) is 72.8 Å². The Kier molecular flexibility index (Phi) is 2.14. The molecule has 5 atom stereocenters. The number of carbonyl (C=O) groups excluding carboxylic acids is 2. The van der Waals surface area contributed by atoms with Gasteiger partial charge < -0.3 is 14.6 Å². The number of hydrogen-bond donors (Lipinski definition) is 1. The molecule has 0 bridgehead atoms. The van der Waals surface area contributed by atoms with E-state index < -0.39 is 17.9 Å². The van der Waals surface area contributed by atoms with E-state index in [9.17, 15) is 14.7 Å². The fourth-order valence-electron chi connectivity index (χ4n) is 4.84. The predicted molar refractivity (Wildman–Crippen MR) is 67.2 cm³/mol. The highest BCUT2D eigenvalue weighted by atomic mass is 16.7. The first-order valence-electron chi connectivity index (χ1n) is 7.25. The smallest absolute Gasteiger partial charge is 0.336 e. The van der Waals surface area contributed by atoms with Crippen LogP contribution in [0.15, 0.2) is 11.1 Å². The van der Waals surface area contributed by atoms with Gasteiger partial charge in [0.05, 0.1) is 11.5 Å². The molecule has 0 unspecified atom stereocenters. The quantitative estimate of drug-likeness (QED) is 0.676. The lowest BCUT2D eigenvalue weighted by Crippen LogP contribution is -2.55. The molecule has 1 saturated heterocycles. The molecular formula is C15H18O5. The lowest BCUT2D eigenvalue weighted by atomic mass is 9.53. The fraction of sp³-hybridized carbons (Fsp3) is 0.733. The summed E-state index contributed by atoms with van der Waals surface area (Å²) in [5.74, 6) is -2.23. The maximum atomic E-state index is 12.2. The average molecular weight is 278 g/mol. The number of aliphatic hydroxyl groups is 1. The lowest BCUT2D eigenvalue weighted by molar-refractivity contribution is -0.210. The van der Waals surface area contributed by atoms with Crippen molar-refractivity contribution in [3.05, 3.63) is 11.1 Å². The molecule has 4 aliphatic rings. The molecule has 2 aliphatic heterocycles. The Labute approximate surface area is 116 Å². The fourth-order valence-corrected chi connectivity index (χ4v) is 4.84. The molecule has 2 saturated carbocycles. The molecule has 0 spiro atoms. The van der Waals surface area contributed by atoms with Gasteiger partial charge in [-0.3, -0.25) is 4.79 Å². The SMILES string of the molecule is CC1=C2[C@@H]3OC(=O)[C@@H]4CCC[C@H](C[C@]2(O)OC1=O)[C@@]43C. The third-order valence-electron chi connectivity index (χ3n) is 5.94. The van der Waals surface area contributed by atoms with Gasteiger partial charge in [0.2, 0.25) is 5.79 Å². The number of ether oxygens (including phenoxy) is 2. The summed E-state index contributed by atoms with van der Waals surface area (Å²) in [6, 6.07) is 0. The minimum atomic E-state index is -1.57. The minimum Gasteiger partial charge on any atom is -0.457 e. The van der Waals surface area contributed by atoms with E-state index in [4.69, 9.17) is 9.47 Å². The zero-order valence-corrected chi connectivity index (χ0v) is 11.6. The second-order valence-corrected chi connectivity index (χ2v) is 6.78. The van der Waals surface area contributed by atoms with E-state index in [1.165, 1.54) is 0 Å². The third-order valence-corrected chi connectivity index (χ3v) is 5.94. The van der Waals surface area contributed by atoms with Crippen LogP contribution in [0.5, 0.6) is 0 Å². The van der Waals surface area contributed by atoms with Crippen LogP contribution in [0.3, 0.4) is 0 Å². The predicted octanol–water partition coefficient (Wildman–Crippen LogP) is 1.30. The van der Waals surface area contributed by atoms with E-state index in [0.717, 1.165) is 19.3 Å². The molecule has 5 heteroatoms. The average Bonchev–Trinajstić information content (AvgIpc) is 2.75. The monoisotopic (exact) mass is 278 g/mol. The Morgan fingerprint density at radius 2 is 2.05 bits per heavy atom. The zero-order chi connectivity index (χ0) is 14.3. The molecule has 2 heterocycles. The van der Waals surface area contributed by atoms with Crippen molar-refractivity contribution < 1.29 is 24.2 Å². The van der Waals surface area contributed by atoms with Crippen LogP contribution in [0.1, 0.15) is 39.5 Å². The first-order chi connectivity index (χ1) is 9.38. The summed E-state index contributed by atoms with van der Waals surface area (Å²) in [4.78, 5) is 24.0. The van der Waals surface area contributed by atoms with Gasteiger partial charge in [-0.2, -0.15) is 0 Å². The van der Waals surface area contributed by atoms with Crippen LogP contribution in [0.25, 0.3) is 0 Å². The number of hydrogen-bond acceptors (Lipinski definition) is 5. The first kappa shape index (κ1) is 12.4. The van der Waals surface area contributed by atoms with E-state index in [-0.39, 0.29) is 23.2 Å². The minimum absolute atomic E-state index is 0.119. The molecule has 4 rings (SSSR count). The second-order valence-electron chi connectivity index (χ2n) is 6.78. The van der Waals surface area contributed by atoms with Gasteiger partial charge in [0.15, 0.2) is 0 Å². The van der Waals surface area contributed by atoms with E-state index in [0.29, 0.717) is 17.6 Å². The van der Waals surface area contributed by atoms with Crippen LogP contribution in [0.4, 0.5) is 0 Å². The molecule has 0 aromatic heterocycles. The van der Waals surface area contributed by atoms with Crippen LogP contribution in [0.2, 0.25) is 0 Å². The number of fused-ring (bicyclic) bond motifs is 2. The molecule has 0 amide bonds. The lowest BCUT2D eigenvalue weighted by Gasteiger charge is -2.51. The largest absolute Gasteiger partial charge is 0.457 e. The Balaban J connectivity index is 1.91. The molecule has 0 aromatic rings. The first-order valence-corrected chi connectivity index (χ1v) is 7.25. The van der Waals surface area contributed by atoms with E-state index >= 15 is 0 Å². The van der Waals surface area contributed by atoms with Crippen molar-refractivity contribution in [1.82, 2.24) is 0 Å². The van der Waals surface area contributed by atoms with Gasteiger partial charge in [-0.1, -0.05) is 13.3 Å². The van der Waals surface area contributed by atoms with E-state index in [1.54, 1.807) is 6.92 Å². The Hall–Kier alpha value is -1.36. The molecule has 2 aliphatic carbocycles. The summed E-state index contributed by atoms with van der Waals surface area (Å²) < 4.78 is 10.8. The molecule has 1 N–H and O–H groups in total. The van der Waals surface area contributed by atoms with Gasteiger partial charge in [0, 0.05) is 17.4 Å². The summed E-state index contributed by atoms with van der Waals surface area (Å²) in [5.41, 5.74) is 0.571. The standard InChI is InChI=1S/C15H18O5/c1-7-10-11-14(2)8(6-15(10,18)20-12(7)16)4-3-5-9(14)13(17)19-11/h8-9,11,18H,3-6H2,1-2H3/t8-,9+,11+,14+,15+/m1/s1. The van der Waals surface area contributed by atoms with Crippen LogP contribution in [-0.4, -0.2) is 28.9 Å². The van der Waals surface area contributed by atoms with Crippen molar-refractivity contribution in [3.63, 3.8) is 0 Å². The maximum Gasteiger partial charge on any atom is 0.336 e. The highest BCUT2D eigenvalue weighted by molar-refractivity contribution is 5.93. The van der Waals surface area contributed by atoms with Crippen molar-refractivity contribution in [2.24, 2.45) is 17.3 Å². The zero-order valence-electron chi connectivity index (χ0n) is 11.6. The number of esters is 2. The van der Waals surface area contributed by atoms with Gasteiger partial charge in [-0.15, -0.1) is 0 Å². The highest BCUT2D eigenvalue weighted by Gasteiger charge is 2.69. The molecule has 0 aromatic carbocycles. The summed E-state index contributed by atoms with van der Waals surface area (Å²) in [6.07, 6.45) is 2.59. The van der Waals surface area contributed by atoms with Crippen molar-refractivity contribution >= 4 is 11.9 Å². The van der Waals surface area contributed by atoms with Crippen LogP contribution in [-0.2, 0) is 19.1 Å². The molecule has 0 radical (unpaired) electrons. The van der Waals surface area contributed by atoms with Gasteiger partial charge in [-0.25, -0.2) is 4.79 Å². The van der Waals surface area contributed by atoms with Crippen molar-refractivity contribution in [1.29, 1.82) is 0 Å². The summed E-state index contributed by atoms with van der Waals surface area (Å²) in [5, 5.41) is 10.7. The van der Waals surface area contributed by atoms with E-state index in [1.807, 2.05) is 0 Å². The van der Waals surface area contributed by atoms with Crippen LogP contribution in [0, 0.1) is 17.3 Å². The third kappa shape index (κ3) is 1.18. The van der Waals surface area contributed by atoms with Crippen LogP contribution >= 0.6 is 0 Å². The summed E-state index contributed by atoms with van der Waals surface area (Å²) in [7, 11) is 0. The van der Waals surface area contributed by atoms with Gasteiger partial charge >= 0.3 is 11.9 Å². The highest BCUT2D eigenvalue weighted by Crippen LogP contribution is 2.63. The van der Waals surface area contributed by atoms with Gasteiger partial charge in [-0.05, 0) is 25.7 Å².